The van der Waals surface area contributed by atoms with Gasteiger partial charge in [0.1, 0.15) is 0 Å². The van der Waals surface area contributed by atoms with Crippen LogP contribution in [0.5, 0.6) is 0 Å². The lowest BCUT2D eigenvalue weighted by Crippen LogP contribution is -2.53. The van der Waals surface area contributed by atoms with Crippen molar-refractivity contribution in [2.75, 3.05) is 13.2 Å². The second-order valence-corrected chi connectivity index (χ2v) is 8.60. The highest BCUT2D eigenvalue weighted by atomic mass is 19.4. The Kier molecular flexibility index (Phi) is 7.62. The van der Waals surface area contributed by atoms with Crippen molar-refractivity contribution in [2.24, 2.45) is 11.1 Å². The molecule has 0 aliphatic carbocycles. The fourth-order valence-corrected chi connectivity index (χ4v) is 4.16. The lowest BCUT2D eigenvalue weighted by atomic mass is 9.78. The van der Waals surface area contributed by atoms with Gasteiger partial charge in [0, 0.05) is 12.5 Å². The first-order valence-corrected chi connectivity index (χ1v) is 10.8. The Morgan fingerprint density at radius 3 is 2.15 bits per heavy atom. The highest BCUT2D eigenvalue weighted by Gasteiger charge is 2.40. The first-order chi connectivity index (χ1) is 15.9. The van der Waals surface area contributed by atoms with E-state index in [0.717, 1.165) is 5.56 Å². The lowest BCUT2D eigenvalue weighted by Gasteiger charge is -2.42. The molecule has 3 unspecified atom stereocenters. The Hall–Kier alpha value is -2.59. The molecule has 1 heterocycles. The van der Waals surface area contributed by atoms with E-state index in [1.165, 1.54) is 6.92 Å². The van der Waals surface area contributed by atoms with Crippen LogP contribution in [0.3, 0.4) is 0 Å². The Bertz CT molecular complexity index is 965. The summed E-state index contributed by atoms with van der Waals surface area (Å²) in [5.74, 6) is -0.00271. The van der Waals surface area contributed by atoms with Gasteiger partial charge < -0.3 is 15.3 Å². The number of oxime groups is 1. The maximum atomic E-state index is 13.2. The van der Waals surface area contributed by atoms with Gasteiger partial charge in [0.15, 0.2) is 0 Å². The van der Waals surface area contributed by atoms with Crippen molar-refractivity contribution in [3.8, 4) is 0 Å². The van der Waals surface area contributed by atoms with Crippen molar-refractivity contribution in [3.05, 3.63) is 70.8 Å². The van der Waals surface area contributed by atoms with Crippen LogP contribution in [0.15, 0.2) is 53.7 Å². The highest BCUT2D eigenvalue weighted by Crippen LogP contribution is 2.39. The molecule has 0 saturated carbocycles. The van der Waals surface area contributed by atoms with Gasteiger partial charge in [0.2, 0.25) is 0 Å². The zero-order valence-electron chi connectivity index (χ0n) is 18.7. The lowest BCUT2D eigenvalue weighted by molar-refractivity contribution is -0.143. The van der Waals surface area contributed by atoms with E-state index in [1.54, 1.807) is 6.92 Å². The Balaban J connectivity index is 1.86. The molecule has 2 N–H and O–H groups in total. The topological polar surface area (TPSA) is 53.9 Å². The van der Waals surface area contributed by atoms with Gasteiger partial charge in [0.25, 0.3) is 0 Å². The molecule has 0 amide bonds. The van der Waals surface area contributed by atoms with Crippen molar-refractivity contribution in [1.82, 2.24) is 5.32 Å². The molecule has 0 bridgehead atoms. The molecule has 3 atom stereocenters. The van der Waals surface area contributed by atoms with E-state index in [1.807, 2.05) is 30.3 Å². The fourth-order valence-electron chi connectivity index (χ4n) is 4.16. The number of nitrogens with zero attached hydrogens (tertiary/aromatic N) is 1. The molecule has 0 aromatic heterocycles. The van der Waals surface area contributed by atoms with Crippen molar-refractivity contribution in [1.29, 1.82) is 0 Å². The molecule has 0 radical (unpaired) electrons. The first kappa shape index (κ1) is 26.0. The molecule has 10 heteroatoms. The summed E-state index contributed by atoms with van der Waals surface area (Å²) in [5.41, 5.74) is -2.18. The van der Waals surface area contributed by atoms with E-state index < -0.39 is 35.1 Å². The van der Waals surface area contributed by atoms with Gasteiger partial charge in [-0.3, -0.25) is 0 Å². The van der Waals surface area contributed by atoms with Crippen molar-refractivity contribution in [2.45, 2.75) is 50.7 Å². The third-order valence-electron chi connectivity index (χ3n) is 6.34. The zero-order valence-corrected chi connectivity index (χ0v) is 18.7. The summed E-state index contributed by atoms with van der Waals surface area (Å²) in [7, 11) is 0. The van der Waals surface area contributed by atoms with E-state index >= 15 is 0 Å². The summed E-state index contributed by atoms with van der Waals surface area (Å²) in [4.78, 5) is 0. The molecular weight excluding hydrogens is 462 g/mol. The van der Waals surface area contributed by atoms with E-state index in [-0.39, 0.29) is 24.2 Å². The van der Waals surface area contributed by atoms with Gasteiger partial charge in [-0.05, 0) is 56.0 Å². The molecule has 186 valence electrons. The molecule has 34 heavy (non-hydrogen) atoms. The van der Waals surface area contributed by atoms with E-state index in [0.29, 0.717) is 37.2 Å². The Labute approximate surface area is 193 Å². The maximum absolute atomic E-state index is 13.2. The van der Waals surface area contributed by atoms with Crippen LogP contribution in [-0.2, 0) is 22.6 Å². The predicted octanol–water partition coefficient (Wildman–Crippen LogP) is 6.55. The average Bonchev–Trinajstić information content (AvgIpc) is 2.81. The summed E-state index contributed by atoms with van der Waals surface area (Å²) >= 11 is 0. The molecule has 3 rings (SSSR count). The van der Waals surface area contributed by atoms with Crippen molar-refractivity contribution >= 4 is 5.71 Å². The highest BCUT2D eigenvalue weighted by molar-refractivity contribution is 5.84. The molecule has 1 saturated heterocycles. The van der Waals surface area contributed by atoms with Crippen LogP contribution in [0.25, 0.3) is 0 Å². The number of rotatable bonds is 6. The molecule has 4 nitrogen and oxygen atoms in total. The number of benzene rings is 2. The molecular formula is C24H26F6N2O2. The van der Waals surface area contributed by atoms with Gasteiger partial charge in [-0.15, -0.1) is 0 Å². The largest absolute Gasteiger partial charge is 0.416 e. The van der Waals surface area contributed by atoms with Crippen LogP contribution < -0.4 is 5.32 Å². The smallest absolute Gasteiger partial charge is 0.411 e. The minimum absolute atomic E-state index is 0.00271. The van der Waals surface area contributed by atoms with Gasteiger partial charge in [-0.2, -0.15) is 26.3 Å². The number of halogens is 6. The molecule has 1 aliphatic rings. The summed E-state index contributed by atoms with van der Waals surface area (Å²) in [6.07, 6.45) is -9.64. The molecule has 1 aliphatic heterocycles. The molecule has 1 fully saturated rings. The molecule has 2 aromatic carbocycles. The van der Waals surface area contributed by atoms with E-state index in [9.17, 15) is 26.3 Å². The standard InChI is InChI=1S/C24H26F6N2O2/c1-15(32-33)17-8-9-22(31-13-17,19-6-4-3-5-7-19)14-34-16(2)18-10-20(23(25,26)27)12-21(11-18)24(28,29)30/h3-7,10-12,16-17,31,33H,8-9,13-14H2,1-2H3/b32-15+. The minimum atomic E-state index is -4.92. The first-order valence-electron chi connectivity index (χ1n) is 10.8. The van der Waals surface area contributed by atoms with Crippen LogP contribution in [0.2, 0.25) is 0 Å². The van der Waals surface area contributed by atoms with Crippen LogP contribution in [0.4, 0.5) is 26.3 Å². The summed E-state index contributed by atoms with van der Waals surface area (Å²) < 4.78 is 85.4. The van der Waals surface area contributed by atoms with Crippen molar-refractivity contribution in [3.63, 3.8) is 0 Å². The van der Waals surface area contributed by atoms with E-state index in [2.05, 4.69) is 10.5 Å². The van der Waals surface area contributed by atoms with Crippen LogP contribution in [0.1, 0.15) is 55.0 Å². The van der Waals surface area contributed by atoms with Crippen LogP contribution in [0, 0.1) is 5.92 Å². The second-order valence-electron chi connectivity index (χ2n) is 8.60. The van der Waals surface area contributed by atoms with Crippen LogP contribution >= 0.6 is 0 Å². The predicted molar refractivity (Wildman–Crippen MR) is 115 cm³/mol. The summed E-state index contributed by atoms with van der Waals surface area (Å²) in [6.45, 7) is 3.65. The number of hydrogen-bond acceptors (Lipinski definition) is 4. The quantitative estimate of drug-likeness (QED) is 0.210. The number of nitrogens with one attached hydrogen (secondary N) is 1. The van der Waals surface area contributed by atoms with Gasteiger partial charge in [0.05, 0.1) is 35.1 Å². The maximum Gasteiger partial charge on any atom is 0.416 e. The number of alkyl halides is 6. The number of ether oxygens (including phenoxy) is 1. The van der Waals surface area contributed by atoms with Gasteiger partial charge in [-0.1, -0.05) is 35.5 Å². The minimum Gasteiger partial charge on any atom is -0.411 e. The monoisotopic (exact) mass is 488 g/mol. The second kappa shape index (κ2) is 9.95. The fraction of sp³-hybridized carbons (Fsp3) is 0.458. The SMILES string of the molecule is C/C(=N\O)C1CCC(COC(C)c2cc(C(F)(F)F)cc(C(F)(F)F)c2)(c2ccccc2)NC1. The van der Waals surface area contributed by atoms with E-state index in [4.69, 9.17) is 9.94 Å². The molecule has 0 spiro atoms. The van der Waals surface area contributed by atoms with Crippen LogP contribution in [-0.4, -0.2) is 24.1 Å². The third-order valence-corrected chi connectivity index (χ3v) is 6.34. The van der Waals surface area contributed by atoms with Gasteiger partial charge >= 0.3 is 12.4 Å². The number of hydrogen-bond donors (Lipinski definition) is 2. The summed E-state index contributed by atoms with van der Waals surface area (Å²) in [5, 5.41) is 15.8. The van der Waals surface area contributed by atoms with Gasteiger partial charge in [-0.25, -0.2) is 0 Å². The van der Waals surface area contributed by atoms with Crippen molar-refractivity contribution < 1.29 is 36.3 Å². The third kappa shape index (κ3) is 5.90. The number of piperidine rings is 1. The molecule has 2 aromatic rings. The average molecular weight is 488 g/mol. The normalized spacial score (nSPS) is 23.1. The Morgan fingerprint density at radius 1 is 1.09 bits per heavy atom. The zero-order chi connectivity index (χ0) is 25.1. The summed E-state index contributed by atoms with van der Waals surface area (Å²) in [6, 6.07) is 10.8. The Morgan fingerprint density at radius 2 is 1.68 bits per heavy atom.